The first kappa shape index (κ1) is 20.1. The molecule has 0 radical (unpaired) electrons. The lowest BCUT2D eigenvalue weighted by Gasteiger charge is -2.36. The highest BCUT2D eigenvalue weighted by atomic mass is 32.2. The van der Waals surface area contributed by atoms with Gasteiger partial charge in [-0.15, -0.1) is 11.8 Å². The lowest BCUT2D eigenvalue weighted by molar-refractivity contribution is 0.0784. The molecule has 1 aliphatic heterocycles. The summed E-state index contributed by atoms with van der Waals surface area (Å²) in [4.78, 5) is 0.874. The van der Waals surface area contributed by atoms with Crippen LogP contribution in [0.4, 0.5) is 4.39 Å². The van der Waals surface area contributed by atoms with Crippen molar-refractivity contribution < 1.29 is 22.3 Å². The van der Waals surface area contributed by atoms with E-state index in [0.717, 1.165) is 23.8 Å². The maximum absolute atomic E-state index is 13.6. The molecular weight excluding hydrogens is 389 g/mol. The molecule has 2 aromatic rings. The van der Waals surface area contributed by atoms with Crippen LogP contribution in [0, 0.1) is 5.82 Å². The van der Waals surface area contributed by atoms with Gasteiger partial charge in [-0.3, -0.25) is 0 Å². The van der Waals surface area contributed by atoms with Crippen LogP contribution in [-0.2, 0) is 14.8 Å². The number of hydrogen-bond acceptors (Lipinski definition) is 5. The summed E-state index contributed by atoms with van der Waals surface area (Å²) in [6, 6.07) is 13.3. The Morgan fingerprint density at radius 3 is 2.56 bits per heavy atom. The van der Waals surface area contributed by atoms with E-state index >= 15 is 0 Å². The van der Waals surface area contributed by atoms with E-state index in [-0.39, 0.29) is 21.9 Å². The second-order valence-electron chi connectivity index (χ2n) is 6.33. The minimum absolute atomic E-state index is 0.112. The fourth-order valence-corrected chi connectivity index (χ4v) is 5.67. The number of hydrogen-bond donors (Lipinski definition) is 1. The molecule has 146 valence electrons. The van der Waals surface area contributed by atoms with Gasteiger partial charge in [-0.25, -0.2) is 17.5 Å². The third-order valence-corrected chi connectivity index (χ3v) is 7.40. The lowest BCUT2D eigenvalue weighted by atomic mass is 9.99. The number of methoxy groups -OCH3 is 1. The Balaban J connectivity index is 1.81. The van der Waals surface area contributed by atoms with E-state index in [9.17, 15) is 12.8 Å². The monoisotopic (exact) mass is 411 g/mol. The maximum Gasteiger partial charge on any atom is 0.244 e. The Morgan fingerprint density at radius 1 is 1.19 bits per heavy atom. The fraction of sp³-hybridized carbons (Fsp3) is 0.368. The van der Waals surface area contributed by atoms with E-state index in [0.29, 0.717) is 13.2 Å². The van der Waals surface area contributed by atoms with Gasteiger partial charge in [0, 0.05) is 29.4 Å². The summed E-state index contributed by atoms with van der Waals surface area (Å²) in [7, 11) is -2.57. The average Bonchev–Trinajstić information content (AvgIpc) is 2.68. The molecule has 1 aliphatic rings. The van der Waals surface area contributed by atoms with Gasteiger partial charge in [-0.1, -0.05) is 18.2 Å². The second-order valence-corrected chi connectivity index (χ2v) is 9.61. The number of sulfonamides is 1. The second kappa shape index (κ2) is 8.60. The number of halogens is 1. The zero-order valence-electron chi connectivity index (χ0n) is 15.0. The van der Waals surface area contributed by atoms with Crippen LogP contribution < -0.4 is 9.46 Å². The van der Waals surface area contributed by atoms with E-state index in [1.165, 1.54) is 19.2 Å². The summed E-state index contributed by atoms with van der Waals surface area (Å²) in [5.74, 6) is -0.517. The maximum atomic E-state index is 13.6. The zero-order chi connectivity index (χ0) is 19.3. The van der Waals surface area contributed by atoms with E-state index in [1.807, 2.05) is 30.3 Å². The summed E-state index contributed by atoms with van der Waals surface area (Å²) < 4.78 is 52.1. The Bertz CT molecular complexity index is 869. The zero-order valence-corrected chi connectivity index (χ0v) is 16.6. The molecule has 3 rings (SSSR count). The molecule has 1 fully saturated rings. The van der Waals surface area contributed by atoms with Gasteiger partial charge in [0.2, 0.25) is 10.0 Å². The van der Waals surface area contributed by atoms with E-state index in [4.69, 9.17) is 9.47 Å². The third kappa shape index (κ3) is 5.01. The van der Waals surface area contributed by atoms with Crippen LogP contribution in [0.3, 0.4) is 0 Å². The SMILES string of the molecule is COc1ccc(F)cc1S(=O)(=O)NCC1(Sc2ccccc2)CCOCC1. The molecule has 0 atom stereocenters. The van der Waals surface area contributed by atoms with Crippen molar-refractivity contribution in [2.45, 2.75) is 27.4 Å². The quantitative estimate of drug-likeness (QED) is 0.756. The lowest BCUT2D eigenvalue weighted by Crippen LogP contribution is -2.44. The molecule has 0 unspecified atom stereocenters. The average molecular weight is 412 g/mol. The number of benzene rings is 2. The molecule has 0 amide bonds. The Morgan fingerprint density at radius 2 is 1.89 bits per heavy atom. The topological polar surface area (TPSA) is 64.6 Å². The first-order chi connectivity index (χ1) is 12.9. The van der Waals surface area contributed by atoms with Gasteiger partial charge in [0.1, 0.15) is 16.5 Å². The standard InChI is InChI=1S/C19H22FNO4S2/c1-24-17-8-7-15(20)13-18(17)27(22,23)21-14-19(9-11-25-12-10-19)26-16-5-3-2-4-6-16/h2-8,13,21H,9-12,14H2,1H3. The molecule has 8 heteroatoms. The number of nitrogens with one attached hydrogen (secondary N) is 1. The van der Waals surface area contributed by atoms with Crippen LogP contribution in [0.2, 0.25) is 0 Å². The van der Waals surface area contributed by atoms with E-state index in [2.05, 4.69) is 4.72 Å². The first-order valence-electron chi connectivity index (χ1n) is 8.59. The Hall–Kier alpha value is -1.61. The summed E-state index contributed by atoms with van der Waals surface area (Å²) in [6.07, 6.45) is 1.44. The van der Waals surface area contributed by atoms with Gasteiger partial charge in [0.15, 0.2) is 0 Å². The van der Waals surface area contributed by atoms with Crippen molar-refractivity contribution in [1.29, 1.82) is 0 Å². The molecular formula is C19H22FNO4S2. The van der Waals surface area contributed by atoms with Gasteiger partial charge in [-0.2, -0.15) is 0 Å². The molecule has 1 N–H and O–H groups in total. The normalized spacial score (nSPS) is 16.8. The highest BCUT2D eigenvalue weighted by molar-refractivity contribution is 8.00. The van der Waals surface area contributed by atoms with Crippen molar-refractivity contribution in [1.82, 2.24) is 4.72 Å². The number of rotatable bonds is 7. The van der Waals surface area contributed by atoms with Crippen LogP contribution in [0.1, 0.15) is 12.8 Å². The predicted molar refractivity (Wildman–Crippen MR) is 103 cm³/mol. The number of thioether (sulfide) groups is 1. The van der Waals surface area contributed by atoms with Crippen LogP contribution in [0.5, 0.6) is 5.75 Å². The van der Waals surface area contributed by atoms with E-state index in [1.54, 1.807) is 11.8 Å². The highest BCUT2D eigenvalue weighted by Crippen LogP contribution is 2.40. The van der Waals surface area contributed by atoms with Crippen molar-refractivity contribution >= 4 is 21.8 Å². The van der Waals surface area contributed by atoms with Gasteiger partial charge in [0.05, 0.1) is 7.11 Å². The van der Waals surface area contributed by atoms with Crippen molar-refractivity contribution in [3.8, 4) is 5.75 Å². The molecule has 0 spiro atoms. The predicted octanol–water partition coefficient (Wildman–Crippen LogP) is 3.45. The first-order valence-corrected chi connectivity index (χ1v) is 10.9. The summed E-state index contributed by atoms with van der Waals surface area (Å²) in [5, 5.41) is 0. The smallest absolute Gasteiger partial charge is 0.244 e. The van der Waals surface area contributed by atoms with Crippen molar-refractivity contribution in [2.24, 2.45) is 0 Å². The van der Waals surface area contributed by atoms with E-state index < -0.39 is 15.8 Å². The van der Waals surface area contributed by atoms with Gasteiger partial charge in [0.25, 0.3) is 0 Å². The molecule has 2 aromatic carbocycles. The summed E-state index contributed by atoms with van der Waals surface area (Å²) >= 11 is 1.65. The van der Waals surface area contributed by atoms with Gasteiger partial charge < -0.3 is 9.47 Å². The van der Waals surface area contributed by atoms with Gasteiger partial charge in [-0.05, 0) is 43.2 Å². The molecule has 27 heavy (non-hydrogen) atoms. The molecule has 0 bridgehead atoms. The third-order valence-electron chi connectivity index (χ3n) is 4.48. The Labute approximate surface area is 163 Å². The van der Waals surface area contributed by atoms with Crippen molar-refractivity contribution in [3.05, 3.63) is 54.3 Å². The van der Waals surface area contributed by atoms with Gasteiger partial charge >= 0.3 is 0 Å². The Kier molecular flexibility index (Phi) is 6.41. The van der Waals surface area contributed by atoms with Crippen LogP contribution in [0.25, 0.3) is 0 Å². The molecule has 0 aromatic heterocycles. The molecule has 5 nitrogen and oxygen atoms in total. The van der Waals surface area contributed by atoms with Crippen molar-refractivity contribution in [3.63, 3.8) is 0 Å². The molecule has 1 saturated heterocycles. The number of ether oxygens (including phenoxy) is 2. The fourth-order valence-electron chi connectivity index (χ4n) is 2.96. The molecule has 0 aliphatic carbocycles. The minimum Gasteiger partial charge on any atom is -0.495 e. The van der Waals surface area contributed by atoms with Crippen LogP contribution >= 0.6 is 11.8 Å². The highest BCUT2D eigenvalue weighted by Gasteiger charge is 2.35. The molecule has 0 saturated carbocycles. The largest absolute Gasteiger partial charge is 0.495 e. The van der Waals surface area contributed by atoms with Crippen LogP contribution in [0.15, 0.2) is 58.3 Å². The molecule has 1 heterocycles. The summed E-state index contributed by atoms with van der Waals surface area (Å²) in [5.41, 5.74) is 0. The minimum atomic E-state index is -3.92. The summed E-state index contributed by atoms with van der Waals surface area (Å²) in [6.45, 7) is 1.37. The van der Waals surface area contributed by atoms with Crippen LogP contribution in [-0.4, -0.2) is 40.0 Å². The van der Waals surface area contributed by atoms with Crippen molar-refractivity contribution in [2.75, 3.05) is 26.9 Å².